The number of fused-ring (bicyclic) bond motifs is 1. The van der Waals surface area contributed by atoms with Crippen LogP contribution in [0.25, 0.3) is 0 Å². The van der Waals surface area contributed by atoms with Gasteiger partial charge in [0.2, 0.25) is 0 Å². The Morgan fingerprint density at radius 2 is 2.00 bits per heavy atom. The van der Waals surface area contributed by atoms with Gasteiger partial charge in [0.1, 0.15) is 6.61 Å². The van der Waals surface area contributed by atoms with Crippen LogP contribution in [-0.2, 0) is 23.8 Å². The molecule has 5 nitrogen and oxygen atoms in total. The molecule has 0 N–H and O–H groups in total. The zero-order valence-electron chi connectivity index (χ0n) is 17.7. The van der Waals surface area contributed by atoms with Crippen molar-refractivity contribution in [3.05, 3.63) is 12.7 Å². The van der Waals surface area contributed by atoms with Gasteiger partial charge < -0.3 is 14.2 Å². The summed E-state index contributed by atoms with van der Waals surface area (Å²) in [4.78, 5) is 25.1. The third-order valence-corrected chi connectivity index (χ3v) is 8.53. The minimum absolute atomic E-state index is 0.00274. The van der Waals surface area contributed by atoms with Crippen LogP contribution in [0.3, 0.4) is 0 Å². The lowest BCUT2D eigenvalue weighted by Crippen LogP contribution is -2.64. The van der Waals surface area contributed by atoms with Gasteiger partial charge in [-0.05, 0) is 50.4 Å². The molecule has 0 aromatic carbocycles. The maximum Gasteiger partial charge on any atom is 0.309 e. The summed E-state index contributed by atoms with van der Waals surface area (Å²) < 4.78 is 18.2. The van der Waals surface area contributed by atoms with E-state index in [1.165, 1.54) is 6.92 Å². The third-order valence-electron chi connectivity index (χ3n) is 8.53. The number of carbonyl (C=O) groups excluding carboxylic acids is 2. The molecular weight excluding hydrogens is 356 g/mol. The Bertz CT molecular complexity index is 684. The largest absolute Gasteiger partial charge is 0.465 e. The molecule has 4 aliphatic rings. The van der Waals surface area contributed by atoms with Gasteiger partial charge in [0, 0.05) is 24.2 Å². The van der Waals surface area contributed by atoms with Crippen molar-refractivity contribution in [1.29, 1.82) is 0 Å². The van der Waals surface area contributed by atoms with Crippen molar-refractivity contribution in [3.63, 3.8) is 0 Å². The number of rotatable bonds is 3. The van der Waals surface area contributed by atoms with Gasteiger partial charge in [0.25, 0.3) is 0 Å². The van der Waals surface area contributed by atoms with E-state index in [1.54, 1.807) is 0 Å². The third kappa shape index (κ3) is 2.76. The van der Waals surface area contributed by atoms with Crippen molar-refractivity contribution in [2.24, 2.45) is 34.5 Å². The molecule has 0 aromatic rings. The van der Waals surface area contributed by atoms with Crippen molar-refractivity contribution >= 4 is 11.9 Å². The highest BCUT2D eigenvalue weighted by Gasteiger charge is 2.69. The highest BCUT2D eigenvalue weighted by Crippen LogP contribution is 2.68. The van der Waals surface area contributed by atoms with Crippen LogP contribution >= 0.6 is 0 Å². The predicted molar refractivity (Wildman–Crippen MR) is 104 cm³/mol. The molecule has 0 spiro atoms. The lowest BCUT2D eigenvalue weighted by molar-refractivity contribution is -0.223. The normalized spacial score (nSPS) is 46.6. The molecule has 2 saturated carbocycles. The van der Waals surface area contributed by atoms with Crippen LogP contribution in [0.2, 0.25) is 0 Å². The fourth-order valence-corrected chi connectivity index (χ4v) is 7.22. The molecule has 2 heterocycles. The second-order valence-corrected chi connectivity index (χ2v) is 10.4. The summed E-state index contributed by atoms with van der Waals surface area (Å²) in [5.74, 6) is -0.196. The van der Waals surface area contributed by atoms with E-state index in [2.05, 4.69) is 27.4 Å². The summed E-state index contributed by atoms with van der Waals surface area (Å²) in [6, 6.07) is 0. The maximum absolute atomic E-state index is 13.3. The van der Waals surface area contributed by atoms with Crippen LogP contribution in [0.5, 0.6) is 0 Å². The fourth-order valence-electron chi connectivity index (χ4n) is 7.22. The van der Waals surface area contributed by atoms with Crippen molar-refractivity contribution in [2.45, 2.75) is 71.5 Å². The molecule has 156 valence electrons. The van der Waals surface area contributed by atoms with Crippen LogP contribution in [0.4, 0.5) is 0 Å². The first-order chi connectivity index (χ1) is 13.1. The summed E-state index contributed by atoms with van der Waals surface area (Å²) in [5.41, 5.74) is -0.642. The minimum atomic E-state index is -0.428. The van der Waals surface area contributed by atoms with Gasteiger partial charge in [-0.2, -0.15) is 0 Å². The lowest BCUT2D eigenvalue weighted by Gasteiger charge is -2.63. The average Bonchev–Trinajstić information content (AvgIpc) is 2.99. The van der Waals surface area contributed by atoms with E-state index in [0.717, 1.165) is 32.1 Å². The molecule has 0 amide bonds. The molecule has 2 saturated heterocycles. The molecule has 7 atom stereocenters. The highest BCUT2D eigenvalue weighted by atomic mass is 16.5. The molecular formula is C23H34O5. The van der Waals surface area contributed by atoms with E-state index >= 15 is 0 Å². The van der Waals surface area contributed by atoms with Crippen LogP contribution < -0.4 is 0 Å². The number of hydrogen-bond donors (Lipinski definition) is 0. The molecule has 0 aromatic heterocycles. The molecule has 4 fully saturated rings. The molecule has 5 heteroatoms. The summed E-state index contributed by atoms with van der Waals surface area (Å²) >= 11 is 0. The van der Waals surface area contributed by atoms with Crippen LogP contribution in [-0.4, -0.2) is 36.9 Å². The summed E-state index contributed by atoms with van der Waals surface area (Å²) in [7, 11) is 0. The van der Waals surface area contributed by atoms with Crippen molar-refractivity contribution in [1.82, 2.24) is 0 Å². The lowest BCUT2D eigenvalue weighted by atomic mass is 9.42. The Hall–Kier alpha value is -1.36. The SMILES string of the molecule is C=C[C@H]1COC(=O)C2CCC(C)(C)[C@@H]3CC[C@@]4(C)OC1C[C@@H]4[C@@]23COC(C)=O. The van der Waals surface area contributed by atoms with E-state index in [-0.39, 0.29) is 53.4 Å². The number of esters is 2. The Morgan fingerprint density at radius 1 is 1.25 bits per heavy atom. The van der Waals surface area contributed by atoms with Gasteiger partial charge in [-0.25, -0.2) is 0 Å². The summed E-state index contributed by atoms with van der Waals surface area (Å²) in [5, 5.41) is 0. The summed E-state index contributed by atoms with van der Waals surface area (Å²) in [6.07, 6.45) is 6.46. The quantitative estimate of drug-likeness (QED) is 0.540. The average molecular weight is 391 g/mol. The fraction of sp³-hybridized carbons (Fsp3) is 0.826. The van der Waals surface area contributed by atoms with Gasteiger partial charge in [-0.1, -0.05) is 19.9 Å². The topological polar surface area (TPSA) is 61.8 Å². The van der Waals surface area contributed by atoms with Crippen LogP contribution in [0, 0.1) is 34.5 Å². The van der Waals surface area contributed by atoms with E-state index < -0.39 is 5.41 Å². The van der Waals surface area contributed by atoms with E-state index in [4.69, 9.17) is 14.2 Å². The molecule has 2 bridgehead atoms. The second kappa shape index (κ2) is 6.58. The number of ether oxygens (including phenoxy) is 3. The number of hydrogen-bond acceptors (Lipinski definition) is 5. The van der Waals surface area contributed by atoms with Crippen LogP contribution in [0.15, 0.2) is 12.7 Å². The Kier molecular flexibility index (Phi) is 4.68. The van der Waals surface area contributed by atoms with Crippen molar-refractivity contribution in [2.75, 3.05) is 13.2 Å². The Morgan fingerprint density at radius 3 is 2.68 bits per heavy atom. The zero-order valence-corrected chi connectivity index (χ0v) is 17.7. The highest BCUT2D eigenvalue weighted by molar-refractivity contribution is 5.74. The van der Waals surface area contributed by atoms with E-state index in [0.29, 0.717) is 12.5 Å². The smallest absolute Gasteiger partial charge is 0.309 e. The monoisotopic (exact) mass is 390 g/mol. The first-order valence-corrected chi connectivity index (χ1v) is 10.7. The van der Waals surface area contributed by atoms with E-state index in [1.807, 2.05) is 6.08 Å². The summed E-state index contributed by atoms with van der Waals surface area (Å²) in [6.45, 7) is 12.8. The predicted octanol–water partition coefficient (Wildman–Crippen LogP) is 3.90. The van der Waals surface area contributed by atoms with Gasteiger partial charge in [-0.15, -0.1) is 6.58 Å². The zero-order chi connectivity index (χ0) is 20.3. The molecule has 2 aliphatic carbocycles. The Labute approximate surface area is 168 Å². The standard InChI is InChI=1S/C23H34O5/c1-6-15-12-26-20(25)16-7-9-21(3,4)18-8-10-22(5)19(11-17(15)28-22)23(16,18)13-27-14(2)24/h6,15-19H,1,7-13H2,2-5H3/t15-,16?,17?,18-,19-,22+,23-/m0/s1. The molecule has 0 radical (unpaired) electrons. The molecule has 4 rings (SSSR count). The van der Waals surface area contributed by atoms with Crippen molar-refractivity contribution < 1.29 is 23.8 Å². The van der Waals surface area contributed by atoms with Gasteiger partial charge >= 0.3 is 11.9 Å². The van der Waals surface area contributed by atoms with Gasteiger partial charge in [-0.3, -0.25) is 9.59 Å². The minimum Gasteiger partial charge on any atom is -0.465 e. The first kappa shape index (κ1) is 19.9. The molecule has 28 heavy (non-hydrogen) atoms. The second-order valence-electron chi connectivity index (χ2n) is 10.4. The number of cyclic esters (lactones) is 1. The number of carbonyl (C=O) groups is 2. The van der Waals surface area contributed by atoms with Crippen LogP contribution in [0.1, 0.15) is 59.8 Å². The molecule has 2 unspecified atom stereocenters. The Balaban J connectivity index is 1.88. The van der Waals surface area contributed by atoms with E-state index in [9.17, 15) is 9.59 Å². The van der Waals surface area contributed by atoms with Gasteiger partial charge in [0.05, 0.1) is 24.2 Å². The van der Waals surface area contributed by atoms with Crippen molar-refractivity contribution in [3.8, 4) is 0 Å². The molecule has 2 aliphatic heterocycles. The first-order valence-electron chi connectivity index (χ1n) is 10.7. The maximum atomic E-state index is 13.3. The van der Waals surface area contributed by atoms with Gasteiger partial charge in [0.15, 0.2) is 0 Å².